The zero-order valence-corrected chi connectivity index (χ0v) is 14.5. The van der Waals surface area contributed by atoms with Crippen LogP contribution >= 0.6 is 11.6 Å². The summed E-state index contributed by atoms with van der Waals surface area (Å²) in [5.74, 6) is 0.356. The molecule has 1 amide bonds. The second-order valence-corrected chi connectivity index (χ2v) is 6.37. The Morgan fingerprint density at radius 2 is 1.75 bits per heavy atom. The average Bonchev–Trinajstić information content (AvgIpc) is 2.98. The van der Waals surface area contributed by atoms with Crippen molar-refractivity contribution in [3.8, 4) is 5.75 Å². The number of benzene rings is 2. The maximum Gasteiger partial charge on any atom is 0.277 e. The monoisotopic (exact) mass is 342 g/mol. The fourth-order valence-electron chi connectivity index (χ4n) is 2.80. The van der Waals surface area contributed by atoms with E-state index in [-0.39, 0.29) is 12.5 Å². The maximum absolute atomic E-state index is 11.9. The van der Waals surface area contributed by atoms with E-state index in [9.17, 15) is 4.79 Å². The third kappa shape index (κ3) is 3.77. The first-order valence-electron chi connectivity index (χ1n) is 7.83. The van der Waals surface area contributed by atoms with Crippen molar-refractivity contribution in [1.82, 2.24) is 5.43 Å². The molecule has 0 bridgehead atoms. The van der Waals surface area contributed by atoms with Crippen molar-refractivity contribution in [3.05, 3.63) is 63.7 Å². The molecule has 0 radical (unpaired) electrons. The van der Waals surface area contributed by atoms with Gasteiger partial charge >= 0.3 is 0 Å². The van der Waals surface area contributed by atoms with E-state index in [1.54, 1.807) is 0 Å². The largest absolute Gasteiger partial charge is 0.484 e. The average molecular weight is 343 g/mol. The number of carbonyl (C=O) groups is 1. The number of amides is 1. The van der Waals surface area contributed by atoms with E-state index in [2.05, 4.69) is 22.7 Å². The van der Waals surface area contributed by atoms with Gasteiger partial charge < -0.3 is 4.74 Å². The first-order chi connectivity index (χ1) is 11.5. The number of halogens is 1. The highest BCUT2D eigenvalue weighted by atomic mass is 35.5. The molecule has 0 unspecified atom stereocenters. The molecule has 124 valence electrons. The number of nitrogens with one attached hydrogen (secondary N) is 1. The van der Waals surface area contributed by atoms with Crippen LogP contribution in [0.1, 0.15) is 22.3 Å². The standard InChI is InChI=1S/C19H19ClN2O2/c1-12-7-17(8-13(2)19(12)20)24-11-18(23)22-21-16-9-14-5-3-4-6-15(14)10-16/h3-8H,9-11H2,1-2H3,(H,22,23). The number of hydrazone groups is 1. The number of nitrogens with zero attached hydrogens (tertiary/aromatic N) is 1. The number of aryl methyl sites for hydroxylation is 2. The molecule has 0 aromatic heterocycles. The Morgan fingerprint density at radius 1 is 1.17 bits per heavy atom. The lowest BCUT2D eigenvalue weighted by Gasteiger charge is -2.09. The van der Waals surface area contributed by atoms with Crippen LogP contribution in [-0.4, -0.2) is 18.2 Å². The van der Waals surface area contributed by atoms with Crippen molar-refractivity contribution in [3.63, 3.8) is 0 Å². The quantitative estimate of drug-likeness (QED) is 0.863. The smallest absolute Gasteiger partial charge is 0.277 e. The molecule has 0 aliphatic heterocycles. The molecule has 0 saturated heterocycles. The zero-order chi connectivity index (χ0) is 17.1. The van der Waals surface area contributed by atoms with E-state index in [0.29, 0.717) is 5.75 Å². The van der Waals surface area contributed by atoms with Crippen molar-refractivity contribution in [2.75, 3.05) is 6.61 Å². The fraction of sp³-hybridized carbons (Fsp3) is 0.263. The van der Waals surface area contributed by atoms with Gasteiger partial charge in [-0.1, -0.05) is 35.9 Å². The predicted octanol–water partition coefficient (Wildman–Crippen LogP) is 3.61. The van der Waals surface area contributed by atoms with Crippen molar-refractivity contribution in [1.29, 1.82) is 0 Å². The van der Waals surface area contributed by atoms with Crippen molar-refractivity contribution < 1.29 is 9.53 Å². The first-order valence-corrected chi connectivity index (χ1v) is 8.21. The normalized spacial score (nSPS) is 12.7. The lowest BCUT2D eigenvalue weighted by molar-refractivity contribution is -0.123. The minimum atomic E-state index is -0.274. The van der Waals surface area contributed by atoms with Crippen LogP contribution in [0.4, 0.5) is 0 Å². The van der Waals surface area contributed by atoms with Gasteiger partial charge in [0.15, 0.2) is 6.61 Å². The summed E-state index contributed by atoms with van der Waals surface area (Å²) in [6, 6.07) is 11.9. The molecule has 1 aliphatic carbocycles. The third-order valence-electron chi connectivity index (χ3n) is 4.03. The molecule has 1 N–H and O–H groups in total. The summed E-state index contributed by atoms with van der Waals surface area (Å²) in [6.45, 7) is 3.74. The lowest BCUT2D eigenvalue weighted by atomic mass is 10.1. The van der Waals surface area contributed by atoms with Crippen LogP contribution in [-0.2, 0) is 17.6 Å². The molecule has 0 spiro atoms. The molecule has 4 nitrogen and oxygen atoms in total. The highest BCUT2D eigenvalue weighted by molar-refractivity contribution is 6.32. The third-order valence-corrected chi connectivity index (χ3v) is 4.62. The Kier molecular flexibility index (Phi) is 4.86. The summed E-state index contributed by atoms with van der Waals surface area (Å²) in [6.07, 6.45) is 1.57. The topological polar surface area (TPSA) is 50.7 Å². The Hall–Kier alpha value is -2.33. The van der Waals surface area contributed by atoms with Crippen LogP contribution in [0.2, 0.25) is 5.02 Å². The number of hydrogen-bond acceptors (Lipinski definition) is 3. The van der Waals surface area contributed by atoms with E-state index >= 15 is 0 Å². The second kappa shape index (κ2) is 7.05. The Morgan fingerprint density at radius 3 is 2.33 bits per heavy atom. The van der Waals surface area contributed by atoms with Gasteiger partial charge in [0, 0.05) is 23.6 Å². The number of ether oxygens (including phenoxy) is 1. The fourth-order valence-corrected chi connectivity index (χ4v) is 2.90. The molecule has 0 heterocycles. The molecule has 24 heavy (non-hydrogen) atoms. The van der Waals surface area contributed by atoms with Gasteiger partial charge in [0.25, 0.3) is 5.91 Å². The minimum absolute atomic E-state index is 0.0791. The van der Waals surface area contributed by atoms with E-state index in [4.69, 9.17) is 16.3 Å². The Bertz CT molecular complexity index is 765. The minimum Gasteiger partial charge on any atom is -0.484 e. The van der Waals surface area contributed by atoms with E-state index < -0.39 is 0 Å². The summed E-state index contributed by atoms with van der Waals surface area (Å²) in [7, 11) is 0. The second-order valence-electron chi connectivity index (χ2n) is 6.00. The molecular weight excluding hydrogens is 324 g/mol. The molecule has 2 aromatic carbocycles. The summed E-state index contributed by atoms with van der Waals surface area (Å²) in [5, 5.41) is 4.94. The summed E-state index contributed by atoms with van der Waals surface area (Å²) in [4.78, 5) is 11.9. The van der Waals surface area contributed by atoms with Gasteiger partial charge in [-0.25, -0.2) is 5.43 Å². The number of rotatable bonds is 4. The van der Waals surface area contributed by atoms with Gasteiger partial charge in [-0.3, -0.25) is 4.79 Å². The molecule has 2 aromatic rings. The molecular formula is C19H19ClN2O2. The van der Waals surface area contributed by atoms with Gasteiger partial charge in [-0.2, -0.15) is 5.10 Å². The maximum atomic E-state index is 11.9. The van der Waals surface area contributed by atoms with Gasteiger partial charge in [0.2, 0.25) is 0 Å². The van der Waals surface area contributed by atoms with Crippen molar-refractivity contribution in [2.45, 2.75) is 26.7 Å². The molecule has 1 aliphatic rings. The van der Waals surface area contributed by atoms with E-state index in [0.717, 1.165) is 34.7 Å². The SMILES string of the molecule is Cc1cc(OCC(=O)NN=C2Cc3ccccc3C2)cc(C)c1Cl. The van der Waals surface area contributed by atoms with Crippen molar-refractivity contribution in [2.24, 2.45) is 5.10 Å². The molecule has 3 rings (SSSR count). The number of hydrogen-bond donors (Lipinski definition) is 1. The number of carbonyl (C=O) groups excluding carboxylic acids is 1. The Labute approximate surface area is 146 Å². The summed E-state index contributed by atoms with van der Waals surface area (Å²) >= 11 is 6.12. The summed E-state index contributed by atoms with van der Waals surface area (Å²) < 4.78 is 5.52. The van der Waals surface area contributed by atoms with Crippen LogP contribution in [0.5, 0.6) is 5.75 Å². The summed E-state index contributed by atoms with van der Waals surface area (Å²) in [5.41, 5.74) is 7.93. The highest BCUT2D eigenvalue weighted by Gasteiger charge is 2.16. The van der Waals surface area contributed by atoms with Crippen LogP contribution in [0.25, 0.3) is 0 Å². The zero-order valence-electron chi connectivity index (χ0n) is 13.7. The lowest BCUT2D eigenvalue weighted by Crippen LogP contribution is -2.26. The Balaban J connectivity index is 1.53. The van der Waals surface area contributed by atoms with E-state index in [1.165, 1.54) is 11.1 Å². The highest BCUT2D eigenvalue weighted by Crippen LogP contribution is 2.25. The van der Waals surface area contributed by atoms with Gasteiger partial charge in [-0.15, -0.1) is 0 Å². The van der Waals surface area contributed by atoms with Crippen molar-refractivity contribution >= 4 is 23.2 Å². The van der Waals surface area contributed by atoms with Crippen LogP contribution in [0.15, 0.2) is 41.5 Å². The van der Waals surface area contributed by atoms with Gasteiger partial charge in [-0.05, 0) is 48.2 Å². The van der Waals surface area contributed by atoms with Crippen LogP contribution in [0, 0.1) is 13.8 Å². The number of fused-ring (bicyclic) bond motifs is 1. The van der Waals surface area contributed by atoms with Crippen LogP contribution < -0.4 is 10.2 Å². The van der Waals surface area contributed by atoms with E-state index in [1.807, 2.05) is 38.1 Å². The molecule has 0 saturated carbocycles. The predicted molar refractivity (Wildman–Crippen MR) is 95.8 cm³/mol. The molecule has 5 heteroatoms. The molecule has 0 atom stereocenters. The van der Waals surface area contributed by atoms with Crippen LogP contribution in [0.3, 0.4) is 0 Å². The molecule has 0 fully saturated rings. The van der Waals surface area contributed by atoms with Gasteiger partial charge in [0.1, 0.15) is 5.75 Å². The first kappa shape index (κ1) is 16.5. The van der Waals surface area contributed by atoms with Gasteiger partial charge in [0.05, 0.1) is 0 Å².